The second-order valence-electron chi connectivity index (χ2n) is 3.36. The highest BCUT2D eigenvalue weighted by Crippen LogP contribution is 2.18. The predicted octanol–water partition coefficient (Wildman–Crippen LogP) is -0.511. The summed E-state index contributed by atoms with van der Waals surface area (Å²) < 4.78 is 4.66. The van der Waals surface area contributed by atoms with E-state index in [-0.39, 0.29) is 11.9 Å². The Morgan fingerprint density at radius 2 is 1.83 bits per heavy atom. The molecule has 0 amide bonds. The standard InChI is InChI=1S/C11H15N5O2/c1-18-9(17)8(7-5-3-2-4-6-7)15-11(14)16-10(12)13/h2-6,8H,1H3,(H6,12,13,14,15,16). The van der Waals surface area contributed by atoms with Crippen molar-refractivity contribution in [3.05, 3.63) is 35.9 Å². The van der Waals surface area contributed by atoms with Crippen LogP contribution in [-0.4, -0.2) is 25.0 Å². The van der Waals surface area contributed by atoms with Gasteiger partial charge in [-0.25, -0.2) is 9.79 Å². The summed E-state index contributed by atoms with van der Waals surface area (Å²) in [6.45, 7) is 0. The average molecular weight is 249 g/mol. The van der Waals surface area contributed by atoms with Crippen LogP contribution in [0.3, 0.4) is 0 Å². The molecule has 0 saturated heterocycles. The third kappa shape index (κ3) is 3.78. The molecule has 6 N–H and O–H groups in total. The Hall–Kier alpha value is -2.57. The highest BCUT2D eigenvalue weighted by atomic mass is 16.5. The van der Waals surface area contributed by atoms with E-state index < -0.39 is 12.0 Å². The van der Waals surface area contributed by atoms with Crippen LogP contribution in [0.25, 0.3) is 0 Å². The molecule has 1 atom stereocenters. The van der Waals surface area contributed by atoms with Gasteiger partial charge in [-0.2, -0.15) is 4.99 Å². The van der Waals surface area contributed by atoms with E-state index in [1.165, 1.54) is 7.11 Å². The Labute approximate surface area is 104 Å². The summed E-state index contributed by atoms with van der Waals surface area (Å²) in [7, 11) is 1.27. The van der Waals surface area contributed by atoms with Crippen LogP contribution in [-0.2, 0) is 9.53 Å². The third-order valence-electron chi connectivity index (χ3n) is 2.04. The smallest absolute Gasteiger partial charge is 0.335 e. The summed E-state index contributed by atoms with van der Waals surface area (Å²) in [5.41, 5.74) is 16.5. The molecule has 0 bridgehead atoms. The van der Waals surface area contributed by atoms with E-state index in [0.29, 0.717) is 5.56 Å². The largest absolute Gasteiger partial charge is 0.467 e. The van der Waals surface area contributed by atoms with Crippen LogP contribution < -0.4 is 17.2 Å². The average Bonchev–Trinajstić information content (AvgIpc) is 2.35. The Balaban J connectivity index is 3.08. The quantitative estimate of drug-likeness (QED) is 0.377. The normalized spacial score (nSPS) is 12.6. The van der Waals surface area contributed by atoms with Crippen LogP contribution >= 0.6 is 0 Å². The van der Waals surface area contributed by atoms with Crippen LogP contribution in [0, 0.1) is 0 Å². The van der Waals surface area contributed by atoms with E-state index in [4.69, 9.17) is 17.2 Å². The maximum atomic E-state index is 11.6. The second-order valence-corrected chi connectivity index (χ2v) is 3.36. The van der Waals surface area contributed by atoms with Gasteiger partial charge >= 0.3 is 5.97 Å². The lowest BCUT2D eigenvalue weighted by molar-refractivity contribution is -0.142. The zero-order valence-electron chi connectivity index (χ0n) is 9.91. The predicted molar refractivity (Wildman–Crippen MR) is 68.6 cm³/mol. The number of hydrogen-bond donors (Lipinski definition) is 3. The number of carbonyl (C=O) groups is 1. The van der Waals surface area contributed by atoms with Crippen LogP contribution in [0.15, 0.2) is 40.3 Å². The molecule has 0 fully saturated rings. The van der Waals surface area contributed by atoms with Crippen molar-refractivity contribution in [2.24, 2.45) is 27.2 Å². The van der Waals surface area contributed by atoms with E-state index in [9.17, 15) is 4.79 Å². The summed E-state index contributed by atoms with van der Waals surface area (Å²) in [6, 6.07) is 7.94. The summed E-state index contributed by atoms with van der Waals surface area (Å²) in [6.07, 6.45) is 0. The second kappa shape index (κ2) is 6.24. The molecule has 0 radical (unpaired) electrons. The lowest BCUT2D eigenvalue weighted by Gasteiger charge is -2.10. The van der Waals surface area contributed by atoms with E-state index in [0.717, 1.165) is 0 Å². The molecule has 96 valence electrons. The SMILES string of the molecule is COC(=O)C(N=C(N)N=C(N)N)c1ccccc1. The maximum absolute atomic E-state index is 11.6. The molecule has 0 aliphatic carbocycles. The summed E-state index contributed by atoms with van der Waals surface area (Å²) >= 11 is 0. The number of ether oxygens (including phenoxy) is 1. The van der Waals surface area contributed by atoms with Crippen molar-refractivity contribution in [2.75, 3.05) is 7.11 Å². The van der Waals surface area contributed by atoms with Crippen molar-refractivity contribution in [1.29, 1.82) is 0 Å². The number of methoxy groups -OCH3 is 1. The van der Waals surface area contributed by atoms with Crippen LogP contribution in [0.5, 0.6) is 0 Å². The Kier molecular flexibility index (Phi) is 4.67. The Bertz CT molecular complexity index is 466. The van der Waals surface area contributed by atoms with Gasteiger partial charge in [-0.15, -0.1) is 0 Å². The van der Waals surface area contributed by atoms with E-state index in [1.807, 2.05) is 6.07 Å². The van der Waals surface area contributed by atoms with Gasteiger partial charge in [-0.1, -0.05) is 30.3 Å². The molecule has 0 aliphatic rings. The lowest BCUT2D eigenvalue weighted by atomic mass is 10.1. The first kappa shape index (κ1) is 13.5. The van der Waals surface area contributed by atoms with Gasteiger partial charge in [0.1, 0.15) is 0 Å². The number of nitrogens with zero attached hydrogens (tertiary/aromatic N) is 2. The van der Waals surface area contributed by atoms with Gasteiger partial charge in [0.15, 0.2) is 12.0 Å². The van der Waals surface area contributed by atoms with Gasteiger partial charge in [0.2, 0.25) is 5.96 Å². The summed E-state index contributed by atoms with van der Waals surface area (Å²) in [4.78, 5) is 19.1. The minimum absolute atomic E-state index is 0.186. The summed E-state index contributed by atoms with van der Waals surface area (Å²) in [5, 5.41) is 0. The fourth-order valence-corrected chi connectivity index (χ4v) is 1.30. The first-order valence-corrected chi connectivity index (χ1v) is 5.10. The molecule has 7 heteroatoms. The molecule has 18 heavy (non-hydrogen) atoms. The summed E-state index contributed by atoms with van der Waals surface area (Å²) in [5.74, 6) is -0.961. The van der Waals surface area contributed by atoms with E-state index >= 15 is 0 Å². The van der Waals surface area contributed by atoms with Crippen molar-refractivity contribution in [1.82, 2.24) is 0 Å². The zero-order chi connectivity index (χ0) is 13.5. The minimum atomic E-state index is -0.890. The van der Waals surface area contributed by atoms with Gasteiger partial charge in [0.25, 0.3) is 0 Å². The number of benzene rings is 1. The molecular weight excluding hydrogens is 234 g/mol. The molecule has 0 saturated carbocycles. The maximum Gasteiger partial charge on any atom is 0.335 e. The Morgan fingerprint density at radius 3 is 2.33 bits per heavy atom. The number of carbonyl (C=O) groups excluding carboxylic acids is 1. The first-order chi connectivity index (χ1) is 8.54. The molecule has 1 unspecified atom stereocenters. The number of nitrogens with two attached hydrogens (primary N) is 3. The minimum Gasteiger partial charge on any atom is -0.467 e. The molecule has 0 heterocycles. The van der Waals surface area contributed by atoms with Crippen molar-refractivity contribution in [3.8, 4) is 0 Å². The van der Waals surface area contributed by atoms with Crippen molar-refractivity contribution >= 4 is 17.9 Å². The zero-order valence-corrected chi connectivity index (χ0v) is 9.91. The Morgan fingerprint density at radius 1 is 1.22 bits per heavy atom. The molecule has 1 aromatic carbocycles. The number of esters is 1. The fraction of sp³-hybridized carbons (Fsp3) is 0.182. The van der Waals surface area contributed by atoms with E-state index in [2.05, 4.69) is 14.7 Å². The molecule has 1 rings (SSSR count). The highest BCUT2D eigenvalue weighted by molar-refractivity contribution is 5.93. The highest BCUT2D eigenvalue weighted by Gasteiger charge is 2.20. The van der Waals surface area contributed by atoms with Crippen molar-refractivity contribution < 1.29 is 9.53 Å². The number of rotatable bonds is 3. The monoisotopic (exact) mass is 249 g/mol. The third-order valence-corrected chi connectivity index (χ3v) is 2.04. The topological polar surface area (TPSA) is 129 Å². The van der Waals surface area contributed by atoms with Gasteiger partial charge in [-0.3, -0.25) is 0 Å². The number of guanidine groups is 2. The first-order valence-electron chi connectivity index (χ1n) is 5.10. The van der Waals surface area contributed by atoms with Crippen LogP contribution in [0.1, 0.15) is 11.6 Å². The number of aliphatic imine (C=N–C) groups is 2. The molecule has 1 aromatic rings. The van der Waals surface area contributed by atoms with Crippen molar-refractivity contribution in [2.45, 2.75) is 6.04 Å². The molecule has 0 aromatic heterocycles. The molecule has 7 nitrogen and oxygen atoms in total. The van der Waals surface area contributed by atoms with Gasteiger partial charge < -0.3 is 21.9 Å². The lowest BCUT2D eigenvalue weighted by Crippen LogP contribution is -2.27. The number of hydrogen-bond acceptors (Lipinski definition) is 3. The molecule has 0 spiro atoms. The van der Waals surface area contributed by atoms with Gasteiger partial charge in [0, 0.05) is 0 Å². The molecule has 0 aliphatic heterocycles. The van der Waals surface area contributed by atoms with Crippen LogP contribution in [0.2, 0.25) is 0 Å². The van der Waals surface area contributed by atoms with Gasteiger partial charge in [0.05, 0.1) is 7.11 Å². The van der Waals surface area contributed by atoms with Crippen LogP contribution in [0.4, 0.5) is 0 Å². The van der Waals surface area contributed by atoms with Crippen molar-refractivity contribution in [3.63, 3.8) is 0 Å². The fourth-order valence-electron chi connectivity index (χ4n) is 1.30. The molecular formula is C11H15N5O2. The van der Waals surface area contributed by atoms with E-state index in [1.54, 1.807) is 24.3 Å². The van der Waals surface area contributed by atoms with Gasteiger partial charge in [-0.05, 0) is 5.56 Å².